The van der Waals surface area contributed by atoms with Gasteiger partial charge in [-0.2, -0.15) is 0 Å². The molecule has 2 aromatic rings. The fraction of sp³-hybridized carbons (Fsp3) is 0.500. The standard InChI is InChI=1S/C22H28N4O2/c1-17-15-20(24-16-23-17)25-19-7-11-26(12-8-19)21(27)22(9-13-28-14-10-22)18-5-3-2-4-6-18/h2-6,15-16,19H,7-14H2,1H3,(H,23,24,25). The summed E-state index contributed by atoms with van der Waals surface area (Å²) in [6.45, 7) is 4.80. The maximum Gasteiger partial charge on any atom is 0.233 e. The number of likely N-dealkylation sites (tertiary alicyclic amines) is 1. The minimum atomic E-state index is -0.441. The number of hydrogen-bond donors (Lipinski definition) is 1. The summed E-state index contributed by atoms with van der Waals surface area (Å²) in [4.78, 5) is 24.1. The number of rotatable bonds is 4. The van der Waals surface area contributed by atoms with Crippen molar-refractivity contribution in [3.05, 3.63) is 54.0 Å². The van der Waals surface area contributed by atoms with Crippen LogP contribution in [0.15, 0.2) is 42.7 Å². The normalized spacial score (nSPS) is 20.0. The van der Waals surface area contributed by atoms with Gasteiger partial charge in [0.2, 0.25) is 5.91 Å². The number of hydrogen-bond acceptors (Lipinski definition) is 5. The summed E-state index contributed by atoms with van der Waals surface area (Å²) in [6.07, 6.45) is 4.96. The van der Waals surface area contributed by atoms with Crippen LogP contribution < -0.4 is 5.32 Å². The van der Waals surface area contributed by atoms with E-state index < -0.39 is 5.41 Å². The second kappa shape index (κ2) is 8.27. The topological polar surface area (TPSA) is 67.4 Å². The lowest BCUT2D eigenvalue weighted by molar-refractivity contribution is -0.142. The number of nitrogens with zero attached hydrogens (tertiary/aromatic N) is 3. The molecule has 0 saturated carbocycles. The van der Waals surface area contributed by atoms with Gasteiger partial charge in [0, 0.05) is 44.1 Å². The molecule has 2 saturated heterocycles. The molecule has 1 N–H and O–H groups in total. The molecule has 0 atom stereocenters. The van der Waals surface area contributed by atoms with Gasteiger partial charge in [-0.1, -0.05) is 30.3 Å². The maximum absolute atomic E-state index is 13.6. The third-order valence-electron chi connectivity index (χ3n) is 6.02. The zero-order valence-corrected chi connectivity index (χ0v) is 16.4. The van der Waals surface area contributed by atoms with E-state index in [1.54, 1.807) is 6.33 Å². The van der Waals surface area contributed by atoms with Gasteiger partial charge in [-0.25, -0.2) is 9.97 Å². The molecule has 2 aliphatic rings. The lowest BCUT2D eigenvalue weighted by atomic mass is 9.72. The quantitative estimate of drug-likeness (QED) is 0.883. The average Bonchev–Trinajstić information content (AvgIpc) is 2.75. The van der Waals surface area contributed by atoms with E-state index in [2.05, 4.69) is 32.3 Å². The lowest BCUT2D eigenvalue weighted by Crippen LogP contribution is -2.53. The molecule has 0 spiro atoms. The summed E-state index contributed by atoms with van der Waals surface area (Å²) in [5.74, 6) is 1.13. The molecule has 28 heavy (non-hydrogen) atoms. The van der Waals surface area contributed by atoms with Crippen LogP contribution in [0.5, 0.6) is 0 Å². The summed E-state index contributed by atoms with van der Waals surface area (Å²) >= 11 is 0. The molecule has 6 nitrogen and oxygen atoms in total. The third kappa shape index (κ3) is 3.87. The lowest BCUT2D eigenvalue weighted by Gasteiger charge is -2.42. The van der Waals surface area contributed by atoms with Crippen LogP contribution in [-0.2, 0) is 14.9 Å². The second-order valence-electron chi connectivity index (χ2n) is 7.82. The zero-order valence-electron chi connectivity index (χ0n) is 16.4. The highest BCUT2D eigenvalue weighted by Crippen LogP contribution is 2.37. The van der Waals surface area contributed by atoms with Gasteiger partial charge in [-0.3, -0.25) is 4.79 Å². The van der Waals surface area contributed by atoms with Gasteiger partial charge in [0.05, 0.1) is 5.41 Å². The number of ether oxygens (including phenoxy) is 1. The predicted octanol–water partition coefficient (Wildman–Crippen LogP) is 2.94. The molecule has 3 heterocycles. The molecule has 0 bridgehead atoms. The first kappa shape index (κ1) is 18.9. The predicted molar refractivity (Wildman–Crippen MR) is 108 cm³/mol. The van der Waals surface area contributed by atoms with Crippen molar-refractivity contribution in [2.45, 2.75) is 44.1 Å². The monoisotopic (exact) mass is 380 g/mol. The second-order valence-corrected chi connectivity index (χ2v) is 7.82. The molecule has 148 valence electrons. The Kier molecular flexibility index (Phi) is 5.57. The molecule has 1 aromatic carbocycles. The Hall–Kier alpha value is -2.47. The largest absolute Gasteiger partial charge is 0.381 e. The fourth-order valence-electron chi connectivity index (χ4n) is 4.38. The van der Waals surface area contributed by atoms with Crippen molar-refractivity contribution in [3.63, 3.8) is 0 Å². The number of aromatic nitrogens is 2. The van der Waals surface area contributed by atoms with Gasteiger partial charge >= 0.3 is 0 Å². The summed E-state index contributed by atoms with van der Waals surface area (Å²) in [5.41, 5.74) is 1.64. The number of carbonyl (C=O) groups excluding carboxylic acids is 1. The van der Waals surface area contributed by atoms with Crippen LogP contribution in [0.4, 0.5) is 5.82 Å². The SMILES string of the molecule is Cc1cc(NC2CCN(C(=O)C3(c4ccccc4)CCOCC3)CC2)ncn1. The van der Waals surface area contributed by atoms with Gasteiger partial charge in [-0.15, -0.1) is 0 Å². The summed E-state index contributed by atoms with van der Waals surface area (Å²) in [6, 6.07) is 12.5. The summed E-state index contributed by atoms with van der Waals surface area (Å²) in [7, 11) is 0. The van der Waals surface area contributed by atoms with Crippen LogP contribution in [0.1, 0.15) is 36.9 Å². The van der Waals surface area contributed by atoms with E-state index in [0.29, 0.717) is 19.3 Å². The minimum Gasteiger partial charge on any atom is -0.381 e. The zero-order chi connectivity index (χ0) is 19.4. The molecule has 1 aromatic heterocycles. The van der Waals surface area contributed by atoms with Crippen molar-refractivity contribution in [2.75, 3.05) is 31.6 Å². The van der Waals surface area contributed by atoms with Gasteiger partial charge in [0.1, 0.15) is 12.1 Å². The fourth-order valence-corrected chi connectivity index (χ4v) is 4.38. The van der Waals surface area contributed by atoms with Gasteiger partial charge in [0.25, 0.3) is 0 Å². The average molecular weight is 380 g/mol. The van der Waals surface area contributed by atoms with Crippen LogP contribution in [0.2, 0.25) is 0 Å². The van der Waals surface area contributed by atoms with Crippen LogP contribution in [0.25, 0.3) is 0 Å². The number of amides is 1. The molecule has 2 aliphatic heterocycles. The molecular formula is C22H28N4O2. The Morgan fingerprint density at radius 3 is 2.54 bits per heavy atom. The van der Waals surface area contributed by atoms with Crippen LogP contribution in [0, 0.1) is 6.92 Å². The third-order valence-corrected chi connectivity index (χ3v) is 6.02. The molecular weight excluding hydrogens is 352 g/mol. The molecule has 0 unspecified atom stereocenters. The van der Waals surface area contributed by atoms with E-state index in [4.69, 9.17) is 4.74 Å². The molecule has 2 fully saturated rings. The number of aryl methyl sites for hydroxylation is 1. The van der Waals surface area contributed by atoms with Crippen molar-refractivity contribution in [1.29, 1.82) is 0 Å². The Balaban J connectivity index is 1.43. The first-order valence-electron chi connectivity index (χ1n) is 10.2. The van der Waals surface area contributed by atoms with Crippen molar-refractivity contribution in [3.8, 4) is 0 Å². The Morgan fingerprint density at radius 2 is 1.86 bits per heavy atom. The Morgan fingerprint density at radius 1 is 1.14 bits per heavy atom. The Bertz CT molecular complexity index is 797. The van der Waals surface area contributed by atoms with Gasteiger partial charge in [-0.05, 0) is 38.2 Å². The minimum absolute atomic E-state index is 0.262. The maximum atomic E-state index is 13.6. The number of nitrogens with one attached hydrogen (secondary N) is 1. The van der Waals surface area contributed by atoms with E-state index in [1.165, 1.54) is 0 Å². The smallest absolute Gasteiger partial charge is 0.233 e. The van der Waals surface area contributed by atoms with Gasteiger partial charge < -0.3 is 15.0 Å². The van der Waals surface area contributed by atoms with Crippen molar-refractivity contribution >= 4 is 11.7 Å². The van der Waals surface area contributed by atoms with Crippen LogP contribution in [0.3, 0.4) is 0 Å². The molecule has 1 amide bonds. The van der Waals surface area contributed by atoms with Crippen molar-refractivity contribution < 1.29 is 9.53 Å². The summed E-state index contributed by atoms with van der Waals surface area (Å²) in [5, 5.41) is 3.49. The van der Waals surface area contributed by atoms with E-state index >= 15 is 0 Å². The number of piperidine rings is 1. The Labute approximate surface area is 166 Å². The van der Waals surface area contributed by atoms with Crippen molar-refractivity contribution in [1.82, 2.24) is 14.9 Å². The summed E-state index contributed by atoms with van der Waals surface area (Å²) < 4.78 is 5.58. The highest BCUT2D eigenvalue weighted by Gasteiger charge is 2.44. The van der Waals surface area contributed by atoms with Gasteiger partial charge in [0.15, 0.2) is 0 Å². The molecule has 0 radical (unpaired) electrons. The number of benzene rings is 1. The van der Waals surface area contributed by atoms with E-state index in [-0.39, 0.29) is 5.91 Å². The number of anilines is 1. The highest BCUT2D eigenvalue weighted by atomic mass is 16.5. The first-order valence-corrected chi connectivity index (χ1v) is 10.2. The number of carbonyl (C=O) groups is 1. The van der Waals surface area contributed by atoms with Crippen LogP contribution in [-0.4, -0.2) is 53.1 Å². The van der Waals surface area contributed by atoms with E-state index in [0.717, 1.165) is 55.8 Å². The highest BCUT2D eigenvalue weighted by molar-refractivity contribution is 5.88. The van der Waals surface area contributed by atoms with E-state index in [1.807, 2.05) is 31.2 Å². The van der Waals surface area contributed by atoms with Crippen LogP contribution >= 0.6 is 0 Å². The molecule has 6 heteroatoms. The molecule has 4 rings (SSSR count). The molecule has 0 aliphatic carbocycles. The van der Waals surface area contributed by atoms with Crippen molar-refractivity contribution in [2.24, 2.45) is 0 Å². The first-order chi connectivity index (χ1) is 13.7. The van der Waals surface area contributed by atoms with E-state index in [9.17, 15) is 4.79 Å².